The number of amides is 1. The molecule has 0 spiro atoms. The minimum Gasteiger partial charge on any atom is -0.414 e. The van der Waals surface area contributed by atoms with Crippen molar-refractivity contribution in [2.75, 3.05) is 20.8 Å². The molecular weight excluding hydrogens is 286 g/mol. The van der Waals surface area contributed by atoms with Crippen molar-refractivity contribution >= 4 is 14.2 Å². The fourth-order valence-corrected chi connectivity index (χ4v) is 3.14. The Balaban J connectivity index is 4.63. The van der Waals surface area contributed by atoms with Crippen molar-refractivity contribution in [3.8, 4) is 0 Å². The van der Waals surface area contributed by atoms with Gasteiger partial charge in [-0.2, -0.15) is 0 Å². The van der Waals surface area contributed by atoms with Crippen molar-refractivity contribution in [3.05, 3.63) is 0 Å². The van der Waals surface area contributed by atoms with E-state index in [9.17, 15) is 4.79 Å². The van der Waals surface area contributed by atoms with Crippen molar-refractivity contribution in [1.29, 1.82) is 0 Å². The van der Waals surface area contributed by atoms with E-state index in [4.69, 9.17) is 14.4 Å². The molecule has 0 aromatic heterocycles. The van der Waals surface area contributed by atoms with Crippen LogP contribution >= 0.6 is 0 Å². The molecule has 0 saturated carbocycles. The van der Waals surface area contributed by atoms with E-state index in [1.165, 1.54) is 12.2 Å². The SMILES string of the molecule is CON(C)C(=O)CC[C@@H](CCCO)O[Si](C)(C)C(C)(C)C. The van der Waals surface area contributed by atoms with Crippen LogP contribution < -0.4 is 0 Å². The third-order valence-corrected chi connectivity index (χ3v) is 8.79. The fourth-order valence-electron chi connectivity index (χ4n) is 1.72. The van der Waals surface area contributed by atoms with E-state index in [0.717, 1.165) is 6.42 Å². The molecule has 0 aliphatic heterocycles. The second kappa shape index (κ2) is 8.88. The van der Waals surface area contributed by atoms with Crippen molar-refractivity contribution in [1.82, 2.24) is 5.06 Å². The number of nitrogens with zero attached hydrogens (tertiary/aromatic N) is 1. The van der Waals surface area contributed by atoms with Crippen LogP contribution in [0.4, 0.5) is 0 Å². The molecule has 0 aromatic carbocycles. The minimum absolute atomic E-state index is 0.0206. The van der Waals surface area contributed by atoms with Gasteiger partial charge in [-0.3, -0.25) is 9.63 Å². The average Bonchev–Trinajstić information content (AvgIpc) is 2.38. The summed E-state index contributed by atoms with van der Waals surface area (Å²) in [7, 11) is 1.23. The predicted octanol–water partition coefficient (Wildman–Crippen LogP) is 2.95. The highest BCUT2D eigenvalue weighted by Gasteiger charge is 2.39. The maximum absolute atomic E-state index is 11.8. The predicted molar refractivity (Wildman–Crippen MR) is 87.4 cm³/mol. The first kappa shape index (κ1) is 20.6. The molecule has 0 unspecified atom stereocenters. The van der Waals surface area contributed by atoms with E-state index < -0.39 is 8.32 Å². The molecule has 1 atom stereocenters. The molecule has 6 heteroatoms. The fraction of sp³-hybridized carbons (Fsp3) is 0.933. The van der Waals surface area contributed by atoms with Gasteiger partial charge in [0.2, 0.25) is 5.91 Å². The number of carbonyl (C=O) groups excluding carboxylic acids is 1. The molecule has 5 nitrogen and oxygen atoms in total. The smallest absolute Gasteiger partial charge is 0.245 e. The van der Waals surface area contributed by atoms with Gasteiger partial charge in [-0.1, -0.05) is 20.8 Å². The minimum atomic E-state index is -1.86. The average molecular weight is 320 g/mol. The van der Waals surface area contributed by atoms with Crippen LogP contribution in [0, 0.1) is 0 Å². The van der Waals surface area contributed by atoms with Crippen LogP contribution in [0.3, 0.4) is 0 Å². The molecule has 0 aromatic rings. The first-order chi connectivity index (χ1) is 9.55. The first-order valence-corrected chi connectivity index (χ1v) is 10.6. The summed E-state index contributed by atoms with van der Waals surface area (Å²) in [5, 5.41) is 10.4. The van der Waals surface area contributed by atoms with E-state index in [-0.39, 0.29) is 23.7 Å². The molecule has 0 saturated heterocycles. The summed E-state index contributed by atoms with van der Waals surface area (Å²) in [5.41, 5.74) is 0. The Kier molecular flexibility index (Phi) is 8.69. The summed E-state index contributed by atoms with van der Waals surface area (Å²) in [6.07, 6.45) is 2.57. The summed E-state index contributed by atoms with van der Waals surface area (Å²) < 4.78 is 6.38. The lowest BCUT2D eigenvalue weighted by atomic mass is 10.1. The van der Waals surface area contributed by atoms with Crippen molar-refractivity contribution in [2.24, 2.45) is 0 Å². The number of hydrogen-bond donors (Lipinski definition) is 1. The molecule has 126 valence electrons. The molecule has 21 heavy (non-hydrogen) atoms. The monoisotopic (exact) mass is 319 g/mol. The molecular formula is C15H33NO4Si. The highest BCUT2D eigenvalue weighted by atomic mass is 28.4. The van der Waals surface area contributed by atoms with Gasteiger partial charge in [0, 0.05) is 26.2 Å². The van der Waals surface area contributed by atoms with Crippen LogP contribution in [0.5, 0.6) is 0 Å². The van der Waals surface area contributed by atoms with Gasteiger partial charge in [0.05, 0.1) is 7.11 Å². The molecule has 0 fully saturated rings. The number of carbonyl (C=O) groups is 1. The third-order valence-electron chi connectivity index (χ3n) is 4.26. The van der Waals surface area contributed by atoms with Gasteiger partial charge in [0.15, 0.2) is 8.32 Å². The molecule has 0 heterocycles. The first-order valence-electron chi connectivity index (χ1n) is 7.64. The van der Waals surface area contributed by atoms with Crippen molar-refractivity contribution in [2.45, 2.75) is 70.7 Å². The van der Waals surface area contributed by atoms with Crippen LogP contribution in [-0.2, 0) is 14.1 Å². The Morgan fingerprint density at radius 3 is 2.29 bits per heavy atom. The van der Waals surface area contributed by atoms with Gasteiger partial charge in [-0.05, 0) is 37.4 Å². The van der Waals surface area contributed by atoms with Gasteiger partial charge >= 0.3 is 0 Å². The summed E-state index contributed by atoms with van der Waals surface area (Å²) in [6, 6.07) is 0. The number of aliphatic hydroxyl groups is 1. The van der Waals surface area contributed by atoms with Crippen molar-refractivity contribution < 1.29 is 19.2 Å². The van der Waals surface area contributed by atoms with Gasteiger partial charge in [-0.25, -0.2) is 5.06 Å². The highest BCUT2D eigenvalue weighted by Crippen LogP contribution is 2.38. The van der Waals surface area contributed by atoms with Crippen LogP contribution in [0.15, 0.2) is 0 Å². The molecule has 0 aliphatic carbocycles. The zero-order valence-corrected chi connectivity index (χ0v) is 15.7. The molecule has 0 rings (SSSR count). The zero-order valence-electron chi connectivity index (χ0n) is 14.7. The van der Waals surface area contributed by atoms with E-state index in [1.807, 2.05) is 0 Å². The second-order valence-corrected chi connectivity index (χ2v) is 11.7. The second-order valence-electron chi connectivity index (χ2n) is 6.98. The third kappa shape index (κ3) is 7.40. The number of hydrogen-bond acceptors (Lipinski definition) is 4. The molecule has 0 radical (unpaired) electrons. The van der Waals surface area contributed by atoms with Crippen LogP contribution in [0.2, 0.25) is 18.1 Å². The summed E-state index contributed by atoms with van der Waals surface area (Å²) in [5.74, 6) is -0.0506. The van der Waals surface area contributed by atoms with E-state index in [0.29, 0.717) is 19.3 Å². The van der Waals surface area contributed by atoms with Crippen molar-refractivity contribution in [3.63, 3.8) is 0 Å². The largest absolute Gasteiger partial charge is 0.414 e. The Morgan fingerprint density at radius 2 is 1.86 bits per heavy atom. The Morgan fingerprint density at radius 1 is 1.29 bits per heavy atom. The normalized spacial score (nSPS) is 14.1. The van der Waals surface area contributed by atoms with Gasteiger partial charge in [0.25, 0.3) is 0 Å². The maximum atomic E-state index is 11.8. The highest BCUT2D eigenvalue weighted by molar-refractivity contribution is 6.74. The Labute approximate surface area is 130 Å². The van der Waals surface area contributed by atoms with E-state index in [1.54, 1.807) is 7.05 Å². The van der Waals surface area contributed by atoms with E-state index >= 15 is 0 Å². The van der Waals surface area contributed by atoms with Gasteiger partial charge in [0.1, 0.15) is 0 Å². The number of hydroxylamine groups is 2. The number of aliphatic hydroxyl groups excluding tert-OH is 1. The summed E-state index contributed by atoms with van der Waals surface area (Å²) in [6.45, 7) is 11.2. The zero-order chi connectivity index (χ0) is 16.7. The van der Waals surface area contributed by atoms with Crippen LogP contribution in [0.25, 0.3) is 0 Å². The lowest BCUT2D eigenvalue weighted by Gasteiger charge is -2.39. The number of rotatable bonds is 9. The molecule has 1 amide bonds. The van der Waals surface area contributed by atoms with Gasteiger partial charge in [-0.15, -0.1) is 0 Å². The Hall–Kier alpha value is -0.433. The lowest BCUT2D eigenvalue weighted by molar-refractivity contribution is -0.169. The van der Waals surface area contributed by atoms with E-state index in [2.05, 4.69) is 33.9 Å². The van der Waals surface area contributed by atoms with Gasteiger partial charge < -0.3 is 9.53 Å². The topological polar surface area (TPSA) is 59.0 Å². The lowest BCUT2D eigenvalue weighted by Crippen LogP contribution is -2.44. The van der Waals surface area contributed by atoms with Crippen LogP contribution in [0.1, 0.15) is 46.5 Å². The molecule has 0 bridgehead atoms. The quantitative estimate of drug-likeness (QED) is 0.524. The molecule has 1 N–H and O–H groups in total. The summed E-state index contributed by atoms with van der Waals surface area (Å²) >= 11 is 0. The molecule has 0 aliphatic rings. The Bertz CT molecular complexity index is 315. The summed E-state index contributed by atoms with van der Waals surface area (Å²) in [4.78, 5) is 16.7. The maximum Gasteiger partial charge on any atom is 0.245 e. The van der Waals surface area contributed by atoms with Crippen LogP contribution in [-0.4, -0.2) is 51.3 Å². The standard InChI is InChI=1S/C15H33NO4Si/c1-15(2,3)21(6,7)20-13(9-8-12-17)10-11-14(18)16(4)19-5/h13,17H,8-12H2,1-7H3/t13-/m1/s1.